The Labute approximate surface area is 125 Å². The summed E-state index contributed by atoms with van der Waals surface area (Å²) in [5.74, 6) is -0.182. The second-order valence-electron chi connectivity index (χ2n) is 5.65. The minimum Gasteiger partial charge on any atom is -0.488 e. The van der Waals surface area contributed by atoms with Gasteiger partial charge < -0.3 is 19.9 Å². The second-order valence-corrected chi connectivity index (χ2v) is 5.65. The molecule has 1 aliphatic carbocycles. The van der Waals surface area contributed by atoms with Crippen LogP contribution in [0.25, 0.3) is 0 Å². The summed E-state index contributed by atoms with van der Waals surface area (Å²) < 4.78 is 24.4. The van der Waals surface area contributed by atoms with E-state index in [0.717, 1.165) is 37.8 Å². The number of rotatable bonds is 8. The van der Waals surface area contributed by atoms with Crippen LogP contribution in [-0.2, 0) is 11.3 Å². The van der Waals surface area contributed by atoms with Gasteiger partial charge in [0.1, 0.15) is 6.61 Å². The predicted octanol–water partition coefficient (Wildman–Crippen LogP) is 2.25. The van der Waals surface area contributed by atoms with Crippen LogP contribution in [0.2, 0.25) is 0 Å². The SMILES string of the molecule is COCCNCc1ccc(OCC2(O)CCCC2)c(F)c1. The molecule has 0 heterocycles. The van der Waals surface area contributed by atoms with Crippen molar-refractivity contribution in [3.63, 3.8) is 0 Å². The third-order valence-electron chi connectivity index (χ3n) is 3.84. The van der Waals surface area contributed by atoms with Gasteiger partial charge >= 0.3 is 0 Å². The molecule has 5 heteroatoms. The molecule has 0 aliphatic heterocycles. The number of methoxy groups -OCH3 is 1. The Morgan fingerprint density at radius 2 is 2.10 bits per heavy atom. The topological polar surface area (TPSA) is 50.7 Å². The summed E-state index contributed by atoms with van der Waals surface area (Å²) in [5, 5.41) is 13.4. The standard InChI is InChI=1S/C16H24FNO3/c1-20-9-8-18-11-13-4-5-15(14(17)10-13)21-12-16(19)6-2-3-7-16/h4-5,10,18-19H,2-3,6-9,11-12H2,1H3. The van der Waals surface area contributed by atoms with Gasteiger partial charge in [0, 0.05) is 20.2 Å². The van der Waals surface area contributed by atoms with E-state index in [1.807, 2.05) is 6.07 Å². The minimum atomic E-state index is -0.785. The summed E-state index contributed by atoms with van der Waals surface area (Å²) >= 11 is 0. The molecule has 0 unspecified atom stereocenters. The van der Waals surface area contributed by atoms with Gasteiger partial charge in [-0.1, -0.05) is 18.9 Å². The van der Waals surface area contributed by atoms with Crippen molar-refractivity contribution in [2.45, 2.75) is 37.8 Å². The molecule has 0 spiro atoms. The van der Waals surface area contributed by atoms with Crippen molar-refractivity contribution in [3.05, 3.63) is 29.6 Å². The quantitative estimate of drug-likeness (QED) is 0.723. The molecule has 1 aromatic rings. The van der Waals surface area contributed by atoms with E-state index in [4.69, 9.17) is 9.47 Å². The molecule has 1 fully saturated rings. The summed E-state index contributed by atoms with van der Waals surface area (Å²) in [6.45, 7) is 2.10. The lowest BCUT2D eigenvalue weighted by Gasteiger charge is -2.22. The average Bonchev–Trinajstić information content (AvgIpc) is 2.90. The van der Waals surface area contributed by atoms with Crippen LogP contribution < -0.4 is 10.1 Å². The molecule has 2 rings (SSSR count). The number of halogens is 1. The molecule has 0 saturated heterocycles. The van der Waals surface area contributed by atoms with E-state index in [-0.39, 0.29) is 18.2 Å². The first-order valence-corrected chi connectivity index (χ1v) is 7.46. The lowest BCUT2D eigenvalue weighted by Crippen LogP contribution is -2.32. The molecule has 1 aliphatic rings. The van der Waals surface area contributed by atoms with E-state index in [1.54, 1.807) is 13.2 Å². The van der Waals surface area contributed by atoms with Crippen LogP contribution in [0.4, 0.5) is 4.39 Å². The van der Waals surface area contributed by atoms with E-state index in [9.17, 15) is 9.50 Å². The Kier molecular flexibility index (Phi) is 5.96. The van der Waals surface area contributed by atoms with Gasteiger partial charge in [0.25, 0.3) is 0 Å². The molecule has 1 aromatic carbocycles. The maximum atomic E-state index is 14.0. The van der Waals surface area contributed by atoms with Crippen molar-refractivity contribution >= 4 is 0 Å². The first-order chi connectivity index (χ1) is 10.1. The van der Waals surface area contributed by atoms with Crippen molar-refractivity contribution in [1.82, 2.24) is 5.32 Å². The zero-order valence-corrected chi connectivity index (χ0v) is 12.5. The molecule has 0 aromatic heterocycles. The fourth-order valence-corrected chi connectivity index (χ4v) is 2.57. The normalized spacial score (nSPS) is 17.1. The van der Waals surface area contributed by atoms with Crippen LogP contribution in [0.5, 0.6) is 5.75 Å². The smallest absolute Gasteiger partial charge is 0.165 e. The van der Waals surface area contributed by atoms with Gasteiger partial charge in [0.05, 0.1) is 12.2 Å². The van der Waals surface area contributed by atoms with Gasteiger partial charge in [-0.25, -0.2) is 4.39 Å². The Bertz CT molecular complexity index is 447. The van der Waals surface area contributed by atoms with Crippen molar-refractivity contribution < 1.29 is 19.0 Å². The van der Waals surface area contributed by atoms with E-state index in [2.05, 4.69) is 5.32 Å². The zero-order valence-electron chi connectivity index (χ0n) is 12.5. The Balaban J connectivity index is 1.84. The lowest BCUT2D eigenvalue weighted by molar-refractivity contribution is 0.000326. The fraction of sp³-hybridized carbons (Fsp3) is 0.625. The number of hydrogen-bond acceptors (Lipinski definition) is 4. The number of ether oxygens (including phenoxy) is 2. The molecule has 0 bridgehead atoms. The minimum absolute atomic E-state index is 0.162. The first-order valence-electron chi connectivity index (χ1n) is 7.46. The number of nitrogens with one attached hydrogen (secondary N) is 1. The highest BCUT2D eigenvalue weighted by Crippen LogP contribution is 2.30. The summed E-state index contributed by atoms with van der Waals surface area (Å²) in [6.07, 6.45) is 3.48. The molecule has 0 atom stereocenters. The molecule has 0 amide bonds. The van der Waals surface area contributed by atoms with Gasteiger partial charge in [0.2, 0.25) is 0 Å². The highest BCUT2D eigenvalue weighted by atomic mass is 19.1. The monoisotopic (exact) mass is 297 g/mol. The highest BCUT2D eigenvalue weighted by Gasteiger charge is 2.32. The molecule has 21 heavy (non-hydrogen) atoms. The molecule has 1 saturated carbocycles. The van der Waals surface area contributed by atoms with E-state index in [1.165, 1.54) is 6.07 Å². The van der Waals surface area contributed by atoms with Crippen LogP contribution in [0.1, 0.15) is 31.2 Å². The zero-order chi connectivity index (χ0) is 15.1. The maximum absolute atomic E-state index is 14.0. The number of aliphatic hydroxyl groups is 1. The maximum Gasteiger partial charge on any atom is 0.165 e. The van der Waals surface area contributed by atoms with Crippen molar-refractivity contribution in [3.8, 4) is 5.75 Å². The van der Waals surface area contributed by atoms with Gasteiger partial charge in [-0.2, -0.15) is 0 Å². The van der Waals surface area contributed by atoms with Crippen molar-refractivity contribution in [1.29, 1.82) is 0 Å². The van der Waals surface area contributed by atoms with Crippen molar-refractivity contribution in [2.24, 2.45) is 0 Å². The Hall–Kier alpha value is -1.17. The molecule has 118 valence electrons. The number of hydrogen-bond donors (Lipinski definition) is 2. The third-order valence-corrected chi connectivity index (χ3v) is 3.84. The largest absolute Gasteiger partial charge is 0.488 e. The third kappa shape index (κ3) is 4.95. The highest BCUT2D eigenvalue weighted by molar-refractivity contribution is 5.29. The summed E-state index contributed by atoms with van der Waals surface area (Å²) in [6, 6.07) is 4.92. The van der Waals surface area contributed by atoms with Crippen LogP contribution in [0, 0.1) is 5.82 Å². The van der Waals surface area contributed by atoms with E-state index >= 15 is 0 Å². The van der Waals surface area contributed by atoms with E-state index in [0.29, 0.717) is 13.2 Å². The molecule has 4 nitrogen and oxygen atoms in total. The Morgan fingerprint density at radius 1 is 1.33 bits per heavy atom. The van der Waals surface area contributed by atoms with Gasteiger partial charge in [-0.05, 0) is 30.5 Å². The molecule has 2 N–H and O–H groups in total. The van der Waals surface area contributed by atoms with Crippen molar-refractivity contribution in [2.75, 3.05) is 26.9 Å². The summed E-state index contributed by atoms with van der Waals surface area (Å²) in [4.78, 5) is 0. The van der Waals surface area contributed by atoms with Gasteiger partial charge in [-0.3, -0.25) is 0 Å². The fourth-order valence-electron chi connectivity index (χ4n) is 2.57. The lowest BCUT2D eigenvalue weighted by atomic mass is 10.0. The summed E-state index contributed by atoms with van der Waals surface area (Å²) in [7, 11) is 1.64. The molecular weight excluding hydrogens is 273 g/mol. The van der Waals surface area contributed by atoms with Gasteiger partial charge in [0.15, 0.2) is 11.6 Å². The van der Waals surface area contributed by atoms with E-state index < -0.39 is 5.60 Å². The van der Waals surface area contributed by atoms with Crippen LogP contribution >= 0.6 is 0 Å². The molecular formula is C16H24FNO3. The van der Waals surface area contributed by atoms with Crippen LogP contribution in [0.3, 0.4) is 0 Å². The average molecular weight is 297 g/mol. The first kappa shape index (κ1) is 16.2. The second kappa shape index (κ2) is 7.73. The van der Waals surface area contributed by atoms with Crippen LogP contribution in [0.15, 0.2) is 18.2 Å². The predicted molar refractivity (Wildman–Crippen MR) is 78.9 cm³/mol. The Morgan fingerprint density at radius 3 is 2.76 bits per heavy atom. The number of benzene rings is 1. The van der Waals surface area contributed by atoms with Gasteiger partial charge in [-0.15, -0.1) is 0 Å². The van der Waals surface area contributed by atoms with Crippen LogP contribution in [-0.4, -0.2) is 37.6 Å². The molecule has 0 radical (unpaired) electrons. The summed E-state index contributed by atoms with van der Waals surface area (Å²) in [5.41, 5.74) is 0.0721.